The zero-order chi connectivity index (χ0) is 11.8. The standard InChI is InChI=1S/C12H15BO3/c1-9-12(2,3)16-13(15-9)11-6-4-10(8-14)5-7-11/h4-7,14H,1,8H2,2-3H3. The van der Waals surface area contributed by atoms with E-state index in [0.29, 0.717) is 5.76 Å². The van der Waals surface area contributed by atoms with Crippen LogP contribution in [-0.2, 0) is 15.9 Å². The van der Waals surface area contributed by atoms with Gasteiger partial charge in [0.15, 0.2) is 0 Å². The Hall–Kier alpha value is -1.26. The molecule has 1 aromatic carbocycles. The molecule has 1 fully saturated rings. The summed E-state index contributed by atoms with van der Waals surface area (Å²) in [5.74, 6) is 0.642. The van der Waals surface area contributed by atoms with Crippen LogP contribution in [0.1, 0.15) is 19.4 Å². The average Bonchev–Trinajstić information content (AvgIpc) is 2.54. The molecule has 0 unspecified atom stereocenters. The predicted octanol–water partition coefficient (Wildman–Crippen LogP) is 1.21. The Labute approximate surface area is 95.8 Å². The first kappa shape index (κ1) is 11.2. The van der Waals surface area contributed by atoms with Gasteiger partial charge in [0.05, 0.1) is 12.4 Å². The Morgan fingerprint density at radius 1 is 1.31 bits per heavy atom. The average molecular weight is 218 g/mol. The van der Waals surface area contributed by atoms with E-state index in [1.54, 1.807) is 0 Å². The van der Waals surface area contributed by atoms with E-state index >= 15 is 0 Å². The lowest BCUT2D eigenvalue weighted by atomic mass is 9.79. The van der Waals surface area contributed by atoms with Crippen molar-refractivity contribution < 1.29 is 14.4 Å². The Morgan fingerprint density at radius 2 is 1.94 bits per heavy atom. The number of rotatable bonds is 2. The van der Waals surface area contributed by atoms with Gasteiger partial charge in [-0.05, 0) is 24.9 Å². The highest BCUT2D eigenvalue weighted by Crippen LogP contribution is 2.28. The third kappa shape index (κ3) is 1.99. The monoisotopic (exact) mass is 218 g/mol. The van der Waals surface area contributed by atoms with Crippen LogP contribution in [0.25, 0.3) is 0 Å². The van der Waals surface area contributed by atoms with Gasteiger partial charge in [0.25, 0.3) is 0 Å². The fourth-order valence-corrected chi connectivity index (χ4v) is 1.54. The van der Waals surface area contributed by atoms with Crippen LogP contribution in [0.4, 0.5) is 0 Å². The predicted molar refractivity (Wildman–Crippen MR) is 63.1 cm³/mol. The van der Waals surface area contributed by atoms with Crippen molar-refractivity contribution >= 4 is 12.6 Å². The molecule has 0 spiro atoms. The van der Waals surface area contributed by atoms with Gasteiger partial charge in [0.1, 0.15) is 5.60 Å². The number of aliphatic hydroxyl groups excluding tert-OH is 1. The van der Waals surface area contributed by atoms with Gasteiger partial charge in [-0.1, -0.05) is 30.8 Å². The molecule has 0 aromatic heterocycles. The maximum absolute atomic E-state index is 8.94. The summed E-state index contributed by atoms with van der Waals surface area (Å²) < 4.78 is 11.3. The van der Waals surface area contributed by atoms with Crippen LogP contribution in [0.2, 0.25) is 0 Å². The van der Waals surface area contributed by atoms with Crippen LogP contribution < -0.4 is 5.46 Å². The van der Waals surface area contributed by atoms with E-state index in [1.807, 2.05) is 38.1 Å². The van der Waals surface area contributed by atoms with Crippen LogP contribution in [0.3, 0.4) is 0 Å². The summed E-state index contributed by atoms with van der Waals surface area (Å²) in [4.78, 5) is 0. The lowest BCUT2D eigenvalue weighted by Gasteiger charge is -2.15. The van der Waals surface area contributed by atoms with Crippen molar-refractivity contribution in [1.82, 2.24) is 0 Å². The number of benzene rings is 1. The molecule has 0 bridgehead atoms. The zero-order valence-electron chi connectivity index (χ0n) is 9.56. The summed E-state index contributed by atoms with van der Waals surface area (Å²) in [5, 5.41) is 8.94. The molecule has 0 saturated carbocycles. The van der Waals surface area contributed by atoms with Crippen molar-refractivity contribution in [3.8, 4) is 0 Å². The molecular weight excluding hydrogens is 203 g/mol. The van der Waals surface area contributed by atoms with E-state index < -0.39 is 12.7 Å². The number of hydrogen-bond acceptors (Lipinski definition) is 3. The highest BCUT2D eigenvalue weighted by atomic mass is 16.7. The minimum Gasteiger partial charge on any atom is -0.534 e. The normalized spacial score (nSPS) is 18.7. The molecule has 1 heterocycles. The fourth-order valence-electron chi connectivity index (χ4n) is 1.54. The van der Waals surface area contributed by atoms with Crippen molar-refractivity contribution in [2.75, 3.05) is 0 Å². The minimum absolute atomic E-state index is 0.0465. The van der Waals surface area contributed by atoms with Crippen molar-refractivity contribution in [1.29, 1.82) is 0 Å². The summed E-state index contributed by atoms with van der Waals surface area (Å²) in [6.07, 6.45) is 0. The molecule has 1 aliphatic rings. The first-order valence-corrected chi connectivity index (χ1v) is 5.26. The summed E-state index contributed by atoms with van der Waals surface area (Å²) in [7, 11) is -0.393. The van der Waals surface area contributed by atoms with Gasteiger partial charge in [-0.2, -0.15) is 0 Å². The number of hydrogen-bond donors (Lipinski definition) is 1. The maximum Gasteiger partial charge on any atom is 0.563 e. The Morgan fingerprint density at radius 3 is 2.38 bits per heavy atom. The third-order valence-corrected chi connectivity index (χ3v) is 2.76. The second kappa shape index (κ2) is 3.96. The molecule has 16 heavy (non-hydrogen) atoms. The van der Waals surface area contributed by atoms with Crippen molar-refractivity contribution in [3.05, 3.63) is 42.2 Å². The van der Waals surface area contributed by atoms with Crippen LogP contribution >= 0.6 is 0 Å². The highest BCUT2D eigenvalue weighted by Gasteiger charge is 2.42. The molecule has 1 N–H and O–H groups in total. The molecule has 0 radical (unpaired) electrons. The number of aliphatic hydroxyl groups is 1. The molecule has 1 aliphatic heterocycles. The van der Waals surface area contributed by atoms with Gasteiger partial charge in [0, 0.05) is 0 Å². The van der Waals surface area contributed by atoms with E-state index in [-0.39, 0.29) is 6.61 Å². The summed E-state index contributed by atoms with van der Waals surface area (Å²) in [6, 6.07) is 7.50. The molecular formula is C12H15BO3. The second-order valence-electron chi connectivity index (χ2n) is 4.40. The zero-order valence-corrected chi connectivity index (χ0v) is 9.56. The molecule has 4 heteroatoms. The Balaban J connectivity index is 2.17. The highest BCUT2D eigenvalue weighted by molar-refractivity contribution is 6.62. The van der Waals surface area contributed by atoms with E-state index in [4.69, 9.17) is 14.4 Å². The smallest absolute Gasteiger partial charge is 0.534 e. The summed E-state index contributed by atoms with van der Waals surface area (Å²) in [5.41, 5.74) is 1.36. The van der Waals surface area contributed by atoms with Gasteiger partial charge < -0.3 is 14.4 Å². The minimum atomic E-state index is -0.444. The van der Waals surface area contributed by atoms with Crippen LogP contribution in [-0.4, -0.2) is 17.8 Å². The lowest BCUT2D eigenvalue weighted by molar-refractivity contribution is 0.173. The Bertz CT molecular complexity index is 397. The lowest BCUT2D eigenvalue weighted by Crippen LogP contribution is -2.34. The molecule has 1 aromatic rings. The largest absolute Gasteiger partial charge is 0.563 e. The van der Waals surface area contributed by atoms with Gasteiger partial charge in [0.2, 0.25) is 0 Å². The molecule has 0 amide bonds. The van der Waals surface area contributed by atoms with Gasteiger partial charge in [-0.3, -0.25) is 0 Å². The quantitative estimate of drug-likeness (QED) is 0.758. The molecule has 2 rings (SSSR count). The first-order chi connectivity index (χ1) is 7.53. The molecule has 84 valence electrons. The molecule has 1 saturated heterocycles. The first-order valence-electron chi connectivity index (χ1n) is 5.26. The topological polar surface area (TPSA) is 38.7 Å². The van der Waals surface area contributed by atoms with Crippen molar-refractivity contribution in [2.24, 2.45) is 0 Å². The fraction of sp³-hybridized carbons (Fsp3) is 0.333. The summed E-state index contributed by atoms with van der Waals surface area (Å²) >= 11 is 0. The molecule has 0 aliphatic carbocycles. The molecule has 0 atom stereocenters. The molecule has 3 nitrogen and oxygen atoms in total. The maximum atomic E-state index is 8.94. The van der Waals surface area contributed by atoms with Crippen molar-refractivity contribution in [3.63, 3.8) is 0 Å². The van der Waals surface area contributed by atoms with Crippen LogP contribution in [0, 0.1) is 0 Å². The summed E-state index contributed by atoms with van der Waals surface area (Å²) in [6.45, 7) is 7.73. The van der Waals surface area contributed by atoms with Gasteiger partial charge in [-0.15, -0.1) is 0 Å². The van der Waals surface area contributed by atoms with E-state index in [9.17, 15) is 0 Å². The van der Waals surface area contributed by atoms with E-state index in [2.05, 4.69) is 6.58 Å². The Kier molecular flexibility index (Phi) is 2.78. The van der Waals surface area contributed by atoms with Crippen LogP contribution in [0.15, 0.2) is 36.6 Å². The van der Waals surface area contributed by atoms with E-state index in [1.165, 1.54) is 0 Å². The SMILES string of the molecule is C=C1OB(c2ccc(CO)cc2)OC1(C)C. The van der Waals surface area contributed by atoms with Crippen LogP contribution in [0.5, 0.6) is 0 Å². The third-order valence-electron chi connectivity index (χ3n) is 2.76. The van der Waals surface area contributed by atoms with Gasteiger partial charge in [-0.25, -0.2) is 0 Å². The van der Waals surface area contributed by atoms with Crippen molar-refractivity contribution in [2.45, 2.75) is 26.1 Å². The second-order valence-corrected chi connectivity index (χ2v) is 4.40. The van der Waals surface area contributed by atoms with E-state index in [0.717, 1.165) is 11.0 Å². The van der Waals surface area contributed by atoms with Gasteiger partial charge >= 0.3 is 7.12 Å².